The number of hydrogen-bond acceptors (Lipinski definition) is 15. The summed E-state index contributed by atoms with van der Waals surface area (Å²) in [4.78, 5) is 48.9. The van der Waals surface area contributed by atoms with E-state index in [1.807, 2.05) is 0 Å². The molecule has 1 fully saturated rings. The molecule has 1 saturated heterocycles. The van der Waals surface area contributed by atoms with Gasteiger partial charge in [0.15, 0.2) is 0 Å². The van der Waals surface area contributed by atoms with Crippen LogP contribution in [0.25, 0.3) is 0 Å². The molecule has 37 heavy (non-hydrogen) atoms. The highest BCUT2D eigenvalue weighted by molar-refractivity contribution is 7.57. The summed E-state index contributed by atoms with van der Waals surface area (Å²) in [5.41, 5.74) is 5.67. The zero-order valence-electron chi connectivity index (χ0n) is 19.5. The van der Waals surface area contributed by atoms with E-state index in [4.69, 9.17) is 25.6 Å². The third kappa shape index (κ3) is 5.77. The van der Waals surface area contributed by atoms with Crippen LogP contribution in [-0.2, 0) is 29.8 Å². The van der Waals surface area contributed by atoms with Crippen molar-refractivity contribution in [3.05, 3.63) is 46.2 Å². The quantitative estimate of drug-likeness (QED) is 0.0997. The van der Waals surface area contributed by atoms with E-state index in [0.717, 1.165) is 12.7 Å². The number of nitrogens with zero attached hydrogens (tertiary/aromatic N) is 3. The van der Waals surface area contributed by atoms with Crippen LogP contribution >= 0.6 is 8.09 Å². The van der Waals surface area contributed by atoms with E-state index < -0.39 is 56.8 Å². The van der Waals surface area contributed by atoms with Crippen molar-refractivity contribution in [3.63, 3.8) is 0 Å². The van der Waals surface area contributed by atoms with Gasteiger partial charge in [0.2, 0.25) is 12.2 Å². The standard InChI is InChI=1S/C20H26N7O9P/c1-33-19(31)11(7-10-5-3-2-4-6-10)26-37(32,36-22)34-8-12-14(28)15(29)18(35-12)27-9-23-13-16(27)24-20(21)25-17(13)30/h2-6,9,11-12,14-15,18,28-29H,7-8,22H2,1H3,(H,26,32)(H3,21,24,25,30)/q+1/t11?,12-,14-,15+,18-,37?/m0/s1. The number of carbonyl (C=O) groups excluding carboxylic acids is 1. The Hall–Kier alpha value is -3.05. The number of aromatic nitrogens is 2. The number of rotatable bonds is 10. The minimum Gasteiger partial charge on any atom is -0.615 e. The van der Waals surface area contributed by atoms with Crippen LogP contribution in [0, 0.1) is 0 Å². The summed E-state index contributed by atoms with van der Waals surface area (Å²) in [6, 6.07) is 7.69. The molecule has 16 nitrogen and oxygen atoms in total. The third-order valence-corrected chi connectivity index (χ3v) is 7.09. The molecule has 8 N–H and O–H groups in total. The van der Waals surface area contributed by atoms with Crippen molar-refractivity contribution in [1.82, 2.24) is 20.0 Å². The van der Waals surface area contributed by atoms with Gasteiger partial charge < -0.3 is 30.3 Å². The maximum Gasteiger partial charge on any atom is 0.338 e. The van der Waals surface area contributed by atoms with E-state index in [2.05, 4.69) is 24.7 Å². The maximum atomic E-state index is 13.1. The highest BCUT2D eigenvalue weighted by Gasteiger charge is 2.53. The average Bonchev–Trinajstić information content (AvgIpc) is 3.43. The second kappa shape index (κ2) is 11.1. The Labute approximate surface area is 210 Å². The molecule has 2 unspecified atom stereocenters. The first kappa shape index (κ1) is 27.0. The molecule has 0 amide bonds. The second-order valence-electron chi connectivity index (χ2n) is 8.11. The molecule has 1 radical (unpaired) electrons. The topological polar surface area (TPSA) is 245 Å². The van der Waals surface area contributed by atoms with Gasteiger partial charge in [-0.2, -0.15) is 20.3 Å². The first-order valence-electron chi connectivity index (χ1n) is 10.9. The molecule has 2 aliphatic heterocycles. The number of ether oxygens (including phenoxy) is 2. The number of carbonyl (C=O) groups is 1. The molecule has 0 spiro atoms. The van der Waals surface area contributed by atoms with Gasteiger partial charge in [-0.15, -0.1) is 9.71 Å². The lowest BCUT2D eigenvalue weighted by molar-refractivity contribution is -0.228. The van der Waals surface area contributed by atoms with E-state index in [-0.39, 0.29) is 23.9 Å². The Kier molecular flexibility index (Phi) is 8.13. The van der Waals surface area contributed by atoms with E-state index in [1.54, 1.807) is 30.3 Å². The van der Waals surface area contributed by atoms with Crippen molar-refractivity contribution in [2.24, 2.45) is 5.90 Å². The van der Waals surface area contributed by atoms with Gasteiger partial charge in [0.1, 0.15) is 31.0 Å². The summed E-state index contributed by atoms with van der Waals surface area (Å²) >= 11 is 0. The summed E-state index contributed by atoms with van der Waals surface area (Å²) in [7, 11) is -3.17. The van der Waals surface area contributed by atoms with E-state index in [0.29, 0.717) is 0 Å². The van der Waals surface area contributed by atoms with Crippen LogP contribution < -0.4 is 37.1 Å². The highest BCUT2D eigenvalue weighted by atomic mass is 31.2. The van der Waals surface area contributed by atoms with Gasteiger partial charge in [-0.05, 0) is 10.6 Å². The lowest BCUT2D eigenvalue weighted by Crippen LogP contribution is -2.45. The van der Waals surface area contributed by atoms with Crippen LogP contribution in [0.3, 0.4) is 0 Å². The summed E-state index contributed by atoms with van der Waals surface area (Å²) in [5.74, 6) is 4.29. The SMILES string of the molecule is COC(=O)C(Cc1ccccc1)N[P+]([O-])(ON)OC[C@@H]1O[C@H](N2C=[N+]c3c2nc(N)[nH]c3=O)[C@H](O)[C@H]1O. The lowest BCUT2D eigenvalue weighted by atomic mass is 10.1. The number of methoxy groups -OCH3 is 1. The molecule has 0 saturated carbocycles. The minimum atomic E-state index is -4.33. The van der Waals surface area contributed by atoms with Gasteiger partial charge in [-0.25, -0.2) is 0 Å². The predicted octanol–water partition coefficient (Wildman–Crippen LogP) is -3.07. The fourth-order valence-corrected chi connectivity index (χ4v) is 4.98. The maximum absolute atomic E-state index is 13.1. The zero-order valence-corrected chi connectivity index (χ0v) is 20.4. The number of nitrogens with two attached hydrogens (primary N) is 2. The number of anilines is 2. The number of aliphatic imine (C=N–C) groups is 1. The van der Waals surface area contributed by atoms with Gasteiger partial charge in [0.05, 0.1) is 7.11 Å². The normalized spacial score (nSPS) is 25.1. The third-order valence-electron chi connectivity index (χ3n) is 5.69. The van der Waals surface area contributed by atoms with E-state index in [1.165, 1.54) is 11.2 Å². The number of hydrogen-bond donors (Lipinski definition) is 6. The smallest absolute Gasteiger partial charge is 0.338 e. The van der Waals surface area contributed by atoms with Crippen LogP contribution in [0.4, 0.5) is 17.5 Å². The summed E-state index contributed by atoms with van der Waals surface area (Å²) in [6.07, 6.45) is -4.23. The van der Waals surface area contributed by atoms with Crippen molar-refractivity contribution in [3.8, 4) is 0 Å². The Morgan fingerprint density at radius 3 is 2.78 bits per heavy atom. The first-order chi connectivity index (χ1) is 17.7. The molecule has 199 valence electrons. The Morgan fingerprint density at radius 1 is 1.38 bits per heavy atom. The van der Waals surface area contributed by atoms with Gasteiger partial charge in [0.25, 0.3) is 12.2 Å². The zero-order chi connectivity index (χ0) is 26.7. The highest BCUT2D eigenvalue weighted by Crippen LogP contribution is 2.47. The molecular formula is C20H26N7O9P+. The predicted molar refractivity (Wildman–Crippen MR) is 128 cm³/mol. The molecule has 1 aromatic heterocycles. The number of nitrogen functional groups attached to an aromatic ring is 1. The molecule has 6 atom stereocenters. The molecule has 0 bridgehead atoms. The van der Waals surface area contributed by atoms with Crippen molar-refractivity contribution in [2.45, 2.75) is 37.0 Å². The van der Waals surface area contributed by atoms with E-state index in [9.17, 15) is 24.7 Å². The second-order valence-corrected chi connectivity index (χ2v) is 9.84. The number of esters is 1. The largest absolute Gasteiger partial charge is 0.615 e. The van der Waals surface area contributed by atoms with Crippen molar-refractivity contribution < 1.29 is 38.5 Å². The number of aliphatic hydroxyl groups is 2. The van der Waals surface area contributed by atoms with E-state index >= 15 is 0 Å². The Morgan fingerprint density at radius 2 is 2.11 bits per heavy atom. The van der Waals surface area contributed by atoms with Gasteiger partial charge in [-0.1, -0.05) is 30.3 Å². The number of benzene rings is 1. The number of fused-ring (bicyclic) bond motifs is 1. The van der Waals surface area contributed by atoms with Crippen LogP contribution in [0.2, 0.25) is 0 Å². The summed E-state index contributed by atoms with van der Waals surface area (Å²) < 4.78 is 20.3. The first-order valence-corrected chi connectivity index (χ1v) is 12.5. The Bertz CT molecular complexity index is 1200. The number of nitrogens with one attached hydrogen (secondary N) is 2. The van der Waals surface area contributed by atoms with Crippen molar-refractivity contribution in [1.29, 1.82) is 0 Å². The van der Waals surface area contributed by atoms with Gasteiger partial charge in [0, 0.05) is 6.42 Å². The van der Waals surface area contributed by atoms with Crippen LogP contribution in [0.1, 0.15) is 5.56 Å². The van der Waals surface area contributed by atoms with Gasteiger partial charge in [-0.3, -0.25) is 14.6 Å². The molecular weight excluding hydrogens is 513 g/mol. The minimum absolute atomic E-state index is 0.0125. The van der Waals surface area contributed by atoms with Crippen LogP contribution in [0.15, 0.2) is 35.1 Å². The number of aromatic amines is 1. The summed E-state index contributed by atoms with van der Waals surface area (Å²) in [5, 5.41) is 23.5. The fourth-order valence-electron chi connectivity index (χ4n) is 3.86. The lowest BCUT2D eigenvalue weighted by Gasteiger charge is -2.29. The fraction of sp³-hybridized carbons (Fsp3) is 0.400. The Balaban J connectivity index is 1.44. The van der Waals surface area contributed by atoms with Gasteiger partial charge >= 0.3 is 25.3 Å². The van der Waals surface area contributed by atoms with Crippen LogP contribution in [-0.4, -0.2) is 76.8 Å². The molecule has 4 rings (SSSR count). The molecule has 1 aromatic carbocycles. The molecule has 2 aromatic rings. The molecule has 2 aliphatic rings. The van der Waals surface area contributed by atoms with Crippen molar-refractivity contribution in [2.75, 3.05) is 24.4 Å². The number of H-pyrrole nitrogens is 1. The van der Waals surface area contributed by atoms with Crippen LogP contribution in [0.5, 0.6) is 0 Å². The molecule has 17 heteroatoms. The van der Waals surface area contributed by atoms with Crippen molar-refractivity contribution >= 4 is 37.9 Å². The average molecular weight is 539 g/mol. The monoisotopic (exact) mass is 539 g/mol. The molecule has 0 aliphatic carbocycles. The molecule has 3 heterocycles. The summed E-state index contributed by atoms with van der Waals surface area (Å²) in [6.45, 7) is -0.571. The number of aliphatic hydroxyl groups excluding tert-OH is 2.